The van der Waals surface area contributed by atoms with E-state index in [-0.39, 0.29) is 24.7 Å². The summed E-state index contributed by atoms with van der Waals surface area (Å²) in [5, 5.41) is 14.4. The third kappa shape index (κ3) is 3.35. The Morgan fingerprint density at radius 2 is 2.00 bits per heavy atom. The van der Waals surface area contributed by atoms with Gasteiger partial charge in [-0.25, -0.2) is 4.79 Å². The summed E-state index contributed by atoms with van der Waals surface area (Å²) in [7, 11) is 0. The van der Waals surface area contributed by atoms with E-state index in [1.807, 2.05) is 12.1 Å². The van der Waals surface area contributed by atoms with E-state index < -0.39 is 16.6 Å². The van der Waals surface area contributed by atoms with Crippen LogP contribution in [0.3, 0.4) is 0 Å². The summed E-state index contributed by atoms with van der Waals surface area (Å²) < 4.78 is 11.2. The number of carbonyl (C=O) groups excluding carboxylic acids is 2. The Labute approximate surface area is 184 Å². The van der Waals surface area contributed by atoms with Gasteiger partial charge < -0.3 is 14.4 Å². The van der Waals surface area contributed by atoms with Crippen LogP contribution in [0.2, 0.25) is 0 Å². The van der Waals surface area contributed by atoms with Crippen LogP contribution >= 0.6 is 0 Å². The Kier molecular flexibility index (Phi) is 5.12. The van der Waals surface area contributed by atoms with Crippen LogP contribution < -0.4 is 10.1 Å². The minimum atomic E-state index is -1.05. The zero-order valence-corrected chi connectivity index (χ0v) is 18.2. The van der Waals surface area contributed by atoms with Crippen LogP contribution in [0, 0.1) is 17.0 Å². The number of fused-ring (bicyclic) bond motifs is 2. The summed E-state index contributed by atoms with van der Waals surface area (Å²) >= 11 is 0. The molecule has 1 N–H and O–H groups in total. The first-order chi connectivity index (χ1) is 15.2. The highest BCUT2D eigenvalue weighted by molar-refractivity contribution is 6.05. The van der Waals surface area contributed by atoms with Gasteiger partial charge in [0.15, 0.2) is 0 Å². The van der Waals surface area contributed by atoms with E-state index in [9.17, 15) is 19.7 Å². The molecule has 0 saturated heterocycles. The molecule has 0 aliphatic carbocycles. The minimum Gasteiger partial charge on any atom is -0.481 e. The number of rotatable bonds is 4. The van der Waals surface area contributed by atoms with Gasteiger partial charge in [0, 0.05) is 17.2 Å². The standard InChI is InChI=1S/C23H23N3O6/c1-5-31-22(28)24-20-19(25-12-14-8-6-7-9-15(14)21(25)27)18-13(2)16(26(29)30)10-11-17(18)32-23(20,3)4/h6-11H,5,12H2,1-4H3,(H,24,28). The van der Waals surface area contributed by atoms with E-state index in [1.165, 1.54) is 17.0 Å². The van der Waals surface area contributed by atoms with Gasteiger partial charge in [0.2, 0.25) is 0 Å². The van der Waals surface area contributed by atoms with Crippen molar-refractivity contribution < 1.29 is 24.0 Å². The quantitative estimate of drug-likeness (QED) is 0.568. The second-order valence-electron chi connectivity index (χ2n) is 8.07. The second-order valence-corrected chi connectivity index (χ2v) is 8.07. The van der Waals surface area contributed by atoms with Gasteiger partial charge in [-0.3, -0.25) is 20.2 Å². The monoisotopic (exact) mass is 437 g/mol. The number of nitrogens with zero attached hydrogens (tertiary/aromatic N) is 2. The van der Waals surface area contributed by atoms with Gasteiger partial charge in [0.05, 0.1) is 35.0 Å². The van der Waals surface area contributed by atoms with Gasteiger partial charge >= 0.3 is 6.09 Å². The summed E-state index contributed by atoms with van der Waals surface area (Å²) in [6, 6.07) is 10.1. The van der Waals surface area contributed by atoms with Crippen molar-refractivity contribution in [3.05, 3.63) is 74.5 Å². The number of amides is 2. The highest BCUT2D eigenvalue weighted by Crippen LogP contribution is 2.47. The number of hydrogen-bond acceptors (Lipinski definition) is 6. The van der Waals surface area contributed by atoms with Gasteiger partial charge in [-0.15, -0.1) is 0 Å². The molecule has 9 nitrogen and oxygen atoms in total. The van der Waals surface area contributed by atoms with Crippen LogP contribution in [-0.2, 0) is 11.3 Å². The van der Waals surface area contributed by atoms with Crippen LogP contribution in [0.1, 0.15) is 47.8 Å². The van der Waals surface area contributed by atoms with Gasteiger partial charge in [0.1, 0.15) is 11.4 Å². The van der Waals surface area contributed by atoms with Crippen molar-refractivity contribution in [1.82, 2.24) is 10.2 Å². The third-order valence-corrected chi connectivity index (χ3v) is 5.63. The number of hydrogen-bond donors (Lipinski definition) is 1. The van der Waals surface area contributed by atoms with Crippen molar-refractivity contribution in [2.75, 3.05) is 6.61 Å². The van der Waals surface area contributed by atoms with Crippen LogP contribution in [0.4, 0.5) is 10.5 Å². The summed E-state index contributed by atoms with van der Waals surface area (Å²) in [5.41, 5.74) is 1.62. The molecule has 0 unspecified atom stereocenters. The molecule has 0 radical (unpaired) electrons. The van der Waals surface area contributed by atoms with E-state index >= 15 is 0 Å². The molecule has 0 atom stereocenters. The molecule has 2 aromatic carbocycles. The number of nitro benzene ring substituents is 1. The zero-order valence-electron chi connectivity index (χ0n) is 18.2. The lowest BCUT2D eigenvalue weighted by Gasteiger charge is -2.39. The molecule has 0 bridgehead atoms. The first kappa shape index (κ1) is 21.4. The normalized spacial score (nSPS) is 16.2. The molecule has 32 heavy (non-hydrogen) atoms. The van der Waals surface area contributed by atoms with Crippen molar-refractivity contribution in [2.45, 2.75) is 39.8 Å². The Balaban J connectivity index is 1.98. The van der Waals surface area contributed by atoms with Crippen molar-refractivity contribution in [2.24, 2.45) is 0 Å². The molecule has 2 aliphatic rings. The lowest BCUT2D eigenvalue weighted by atomic mass is 9.91. The molecule has 2 aromatic rings. The van der Waals surface area contributed by atoms with E-state index in [1.54, 1.807) is 39.8 Å². The minimum absolute atomic E-state index is 0.107. The topological polar surface area (TPSA) is 111 Å². The number of nitro groups is 1. The molecule has 166 valence electrons. The average Bonchev–Trinajstić information content (AvgIpc) is 3.05. The summed E-state index contributed by atoms with van der Waals surface area (Å²) in [4.78, 5) is 38.5. The largest absolute Gasteiger partial charge is 0.481 e. The molecule has 9 heteroatoms. The zero-order chi connectivity index (χ0) is 23.2. The Morgan fingerprint density at radius 1 is 1.28 bits per heavy atom. The maximum absolute atomic E-state index is 13.4. The van der Waals surface area contributed by atoms with Crippen molar-refractivity contribution in [3.63, 3.8) is 0 Å². The maximum Gasteiger partial charge on any atom is 0.411 e. The molecule has 2 aliphatic heterocycles. The van der Waals surface area contributed by atoms with E-state index in [0.29, 0.717) is 33.8 Å². The number of nitrogens with one attached hydrogen (secondary N) is 1. The predicted octanol–water partition coefficient (Wildman–Crippen LogP) is 4.14. The van der Waals surface area contributed by atoms with Gasteiger partial charge in [-0.2, -0.15) is 0 Å². The summed E-state index contributed by atoms with van der Waals surface area (Å²) in [6.45, 7) is 7.21. The third-order valence-electron chi connectivity index (χ3n) is 5.63. The Bertz CT molecular complexity index is 1180. The summed E-state index contributed by atoms with van der Waals surface area (Å²) in [5.74, 6) is 0.138. The first-order valence-corrected chi connectivity index (χ1v) is 10.2. The molecule has 0 spiro atoms. The molecule has 0 fully saturated rings. The Morgan fingerprint density at radius 3 is 2.66 bits per heavy atom. The van der Waals surface area contributed by atoms with Crippen molar-refractivity contribution in [3.8, 4) is 5.75 Å². The number of alkyl carbamates (subject to hydrolysis) is 1. The van der Waals surface area contributed by atoms with E-state index in [2.05, 4.69) is 5.32 Å². The average molecular weight is 437 g/mol. The molecular formula is C23H23N3O6. The number of benzene rings is 2. The highest BCUT2D eigenvalue weighted by Gasteiger charge is 2.43. The van der Waals surface area contributed by atoms with E-state index in [0.717, 1.165) is 5.56 Å². The number of carbonyl (C=O) groups is 2. The van der Waals surface area contributed by atoms with Crippen LogP contribution in [0.5, 0.6) is 5.75 Å². The maximum atomic E-state index is 13.4. The van der Waals surface area contributed by atoms with Gasteiger partial charge in [0.25, 0.3) is 11.6 Å². The lowest BCUT2D eigenvalue weighted by molar-refractivity contribution is -0.385. The van der Waals surface area contributed by atoms with Crippen molar-refractivity contribution in [1.29, 1.82) is 0 Å². The van der Waals surface area contributed by atoms with Crippen molar-refractivity contribution >= 4 is 23.4 Å². The fraction of sp³-hybridized carbons (Fsp3) is 0.304. The molecule has 4 rings (SSSR count). The molecular weight excluding hydrogens is 414 g/mol. The lowest BCUT2D eigenvalue weighted by Crippen LogP contribution is -2.46. The molecule has 0 saturated carbocycles. The molecule has 2 heterocycles. The predicted molar refractivity (Wildman–Crippen MR) is 116 cm³/mol. The van der Waals surface area contributed by atoms with Crippen LogP contribution in [-0.4, -0.2) is 34.0 Å². The first-order valence-electron chi connectivity index (χ1n) is 10.2. The smallest absolute Gasteiger partial charge is 0.411 e. The SMILES string of the molecule is CCOC(=O)NC1=C(N2Cc3ccccc3C2=O)c2c(ccc([N+](=O)[O-])c2C)OC1(C)C. The Hall–Kier alpha value is -3.88. The van der Waals surface area contributed by atoms with Crippen LogP contribution in [0.25, 0.3) is 5.70 Å². The van der Waals surface area contributed by atoms with Gasteiger partial charge in [-0.1, -0.05) is 18.2 Å². The fourth-order valence-corrected chi connectivity index (χ4v) is 4.17. The molecule has 0 aromatic heterocycles. The summed E-state index contributed by atoms with van der Waals surface area (Å²) in [6.07, 6.45) is -0.702. The van der Waals surface area contributed by atoms with Gasteiger partial charge in [-0.05, 0) is 45.4 Å². The van der Waals surface area contributed by atoms with E-state index in [4.69, 9.17) is 9.47 Å². The second kappa shape index (κ2) is 7.67. The fourth-order valence-electron chi connectivity index (χ4n) is 4.17. The highest BCUT2D eigenvalue weighted by atomic mass is 16.6. The molecule has 2 amide bonds. The number of ether oxygens (including phenoxy) is 2. The van der Waals surface area contributed by atoms with Crippen LogP contribution in [0.15, 0.2) is 42.1 Å².